The van der Waals surface area contributed by atoms with Crippen molar-refractivity contribution in [2.75, 3.05) is 6.54 Å². The van der Waals surface area contributed by atoms with Gasteiger partial charge in [0.2, 0.25) is 0 Å². The molecule has 4 nitrogen and oxygen atoms in total. The van der Waals surface area contributed by atoms with Gasteiger partial charge in [-0.05, 0) is 35.0 Å². The predicted molar refractivity (Wildman–Crippen MR) is 60.5 cm³/mol. The van der Waals surface area contributed by atoms with Crippen LogP contribution in [0.5, 0.6) is 0 Å². The standard InChI is InChI=1S/C9H9BrN2O2S/c1-9(5-2-3-6(10)15-5)4-11-7(13)8(14)12-9/h2-3H,4H2,1H3,(H,11,13)(H,12,14). The van der Waals surface area contributed by atoms with E-state index >= 15 is 0 Å². The van der Waals surface area contributed by atoms with Crippen LogP contribution < -0.4 is 10.6 Å². The van der Waals surface area contributed by atoms with Crippen molar-refractivity contribution >= 4 is 39.1 Å². The second kappa shape index (κ2) is 3.61. The minimum atomic E-state index is -0.576. The molecule has 0 radical (unpaired) electrons. The first-order chi connectivity index (χ1) is 7.01. The Labute approximate surface area is 99.2 Å². The predicted octanol–water partition coefficient (Wildman–Crippen LogP) is 0.972. The van der Waals surface area contributed by atoms with Crippen LogP contribution in [0.3, 0.4) is 0 Å². The van der Waals surface area contributed by atoms with Gasteiger partial charge in [0.15, 0.2) is 0 Å². The summed E-state index contributed by atoms with van der Waals surface area (Å²) in [7, 11) is 0. The van der Waals surface area contributed by atoms with E-state index in [1.807, 2.05) is 19.1 Å². The Morgan fingerprint density at radius 3 is 2.67 bits per heavy atom. The van der Waals surface area contributed by atoms with Gasteiger partial charge in [0.25, 0.3) is 0 Å². The average Bonchev–Trinajstić information content (AvgIpc) is 2.60. The van der Waals surface area contributed by atoms with Gasteiger partial charge in [-0.1, -0.05) is 0 Å². The highest BCUT2D eigenvalue weighted by Crippen LogP contribution is 2.31. The van der Waals surface area contributed by atoms with Crippen molar-refractivity contribution in [3.63, 3.8) is 0 Å². The maximum absolute atomic E-state index is 11.3. The first-order valence-electron chi connectivity index (χ1n) is 4.37. The lowest BCUT2D eigenvalue weighted by molar-refractivity contribution is -0.142. The number of thiophene rings is 1. The number of nitrogens with one attached hydrogen (secondary N) is 2. The normalized spacial score (nSPS) is 26.0. The molecule has 1 saturated heterocycles. The number of piperazine rings is 1. The SMILES string of the molecule is CC1(c2ccc(Br)s2)CNC(=O)C(=O)N1. The second-order valence-corrected chi connectivity index (χ2v) is 6.04. The van der Waals surface area contributed by atoms with Crippen LogP contribution in [-0.2, 0) is 15.1 Å². The minimum absolute atomic E-state index is 0.421. The zero-order chi connectivity index (χ0) is 11.1. The number of hydrogen-bond acceptors (Lipinski definition) is 3. The molecule has 1 aromatic heterocycles. The fourth-order valence-electron chi connectivity index (χ4n) is 1.45. The van der Waals surface area contributed by atoms with Gasteiger partial charge in [0, 0.05) is 11.4 Å². The molecule has 1 atom stereocenters. The van der Waals surface area contributed by atoms with Gasteiger partial charge in [-0.3, -0.25) is 9.59 Å². The van der Waals surface area contributed by atoms with Gasteiger partial charge in [-0.2, -0.15) is 0 Å². The van der Waals surface area contributed by atoms with Crippen LogP contribution >= 0.6 is 27.3 Å². The monoisotopic (exact) mass is 288 g/mol. The highest BCUT2D eigenvalue weighted by Gasteiger charge is 2.37. The van der Waals surface area contributed by atoms with E-state index in [1.54, 1.807) is 11.3 Å². The fourth-order valence-corrected chi connectivity index (χ4v) is 2.93. The lowest BCUT2D eigenvalue weighted by atomic mass is 9.98. The number of hydrogen-bond donors (Lipinski definition) is 2. The summed E-state index contributed by atoms with van der Waals surface area (Å²) in [5, 5.41) is 5.28. The average molecular weight is 289 g/mol. The molecule has 1 aliphatic heterocycles. The second-order valence-electron chi connectivity index (χ2n) is 3.57. The fraction of sp³-hybridized carbons (Fsp3) is 0.333. The number of carbonyl (C=O) groups is 2. The summed E-state index contributed by atoms with van der Waals surface area (Å²) < 4.78 is 1.00. The van der Waals surface area contributed by atoms with Crippen LogP contribution in [0.1, 0.15) is 11.8 Å². The van der Waals surface area contributed by atoms with Crippen LogP contribution in [0, 0.1) is 0 Å². The molecule has 2 amide bonds. The molecule has 0 spiro atoms. The van der Waals surface area contributed by atoms with E-state index in [1.165, 1.54) is 0 Å². The van der Waals surface area contributed by atoms with Gasteiger partial charge < -0.3 is 10.6 Å². The topological polar surface area (TPSA) is 58.2 Å². The first kappa shape index (κ1) is 10.6. The summed E-state index contributed by atoms with van der Waals surface area (Å²) in [5.41, 5.74) is -0.498. The van der Waals surface area contributed by atoms with Crippen molar-refractivity contribution in [1.82, 2.24) is 10.6 Å². The maximum Gasteiger partial charge on any atom is 0.310 e. The summed E-state index contributed by atoms with van der Waals surface area (Å²) in [6.07, 6.45) is 0. The van der Waals surface area contributed by atoms with Crippen LogP contribution in [-0.4, -0.2) is 18.4 Å². The van der Waals surface area contributed by atoms with E-state index in [2.05, 4.69) is 26.6 Å². The molecular formula is C9H9BrN2O2S. The minimum Gasteiger partial charge on any atom is -0.345 e. The van der Waals surface area contributed by atoms with E-state index in [0.29, 0.717) is 6.54 Å². The number of carbonyl (C=O) groups excluding carboxylic acids is 2. The van der Waals surface area contributed by atoms with E-state index in [0.717, 1.165) is 8.66 Å². The lowest BCUT2D eigenvalue weighted by Crippen LogP contribution is -2.60. The van der Waals surface area contributed by atoms with Crippen LogP contribution in [0.4, 0.5) is 0 Å². The Hall–Kier alpha value is -0.880. The smallest absolute Gasteiger partial charge is 0.310 e. The third-order valence-corrected chi connectivity index (χ3v) is 4.20. The van der Waals surface area contributed by atoms with Crippen molar-refractivity contribution < 1.29 is 9.59 Å². The van der Waals surface area contributed by atoms with Crippen molar-refractivity contribution in [3.05, 3.63) is 20.8 Å². The van der Waals surface area contributed by atoms with E-state index in [-0.39, 0.29) is 0 Å². The highest BCUT2D eigenvalue weighted by molar-refractivity contribution is 9.11. The Bertz CT molecular complexity index is 432. The van der Waals surface area contributed by atoms with Gasteiger partial charge in [-0.25, -0.2) is 0 Å². The molecule has 2 N–H and O–H groups in total. The number of halogens is 1. The van der Waals surface area contributed by atoms with E-state index in [4.69, 9.17) is 0 Å². The summed E-state index contributed by atoms with van der Waals surface area (Å²) in [5.74, 6) is -1.14. The molecular weight excluding hydrogens is 280 g/mol. The molecule has 1 aliphatic rings. The molecule has 2 heterocycles. The summed E-state index contributed by atoms with van der Waals surface area (Å²) in [6.45, 7) is 2.31. The van der Waals surface area contributed by atoms with Gasteiger partial charge >= 0.3 is 11.8 Å². The zero-order valence-electron chi connectivity index (χ0n) is 7.96. The summed E-state index contributed by atoms with van der Waals surface area (Å²) in [4.78, 5) is 23.3. The molecule has 80 valence electrons. The molecule has 0 saturated carbocycles. The number of amides is 2. The summed E-state index contributed by atoms with van der Waals surface area (Å²) >= 11 is 4.92. The third-order valence-electron chi connectivity index (χ3n) is 2.32. The zero-order valence-corrected chi connectivity index (χ0v) is 10.4. The van der Waals surface area contributed by atoms with Crippen molar-refractivity contribution in [1.29, 1.82) is 0 Å². The maximum atomic E-state index is 11.3. The van der Waals surface area contributed by atoms with Gasteiger partial charge in [0.1, 0.15) is 0 Å². The van der Waals surface area contributed by atoms with Crippen molar-refractivity contribution in [2.45, 2.75) is 12.5 Å². The van der Waals surface area contributed by atoms with Crippen LogP contribution in [0.25, 0.3) is 0 Å². The van der Waals surface area contributed by atoms with E-state index < -0.39 is 17.4 Å². The van der Waals surface area contributed by atoms with Crippen molar-refractivity contribution in [2.24, 2.45) is 0 Å². The molecule has 1 fully saturated rings. The quantitative estimate of drug-likeness (QED) is 0.757. The molecule has 6 heteroatoms. The Morgan fingerprint density at radius 1 is 1.40 bits per heavy atom. The van der Waals surface area contributed by atoms with Crippen molar-refractivity contribution in [3.8, 4) is 0 Å². The molecule has 15 heavy (non-hydrogen) atoms. The Kier molecular flexibility index (Phi) is 2.56. The molecule has 0 bridgehead atoms. The molecule has 0 aliphatic carbocycles. The molecule has 0 aromatic carbocycles. The molecule has 2 rings (SSSR count). The Morgan fingerprint density at radius 2 is 2.13 bits per heavy atom. The third kappa shape index (κ3) is 1.91. The van der Waals surface area contributed by atoms with Gasteiger partial charge in [-0.15, -0.1) is 11.3 Å². The summed E-state index contributed by atoms with van der Waals surface area (Å²) in [6, 6.07) is 3.86. The van der Waals surface area contributed by atoms with Crippen LogP contribution in [0.15, 0.2) is 15.9 Å². The number of rotatable bonds is 1. The Balaban J connectivity index is 2.28. The molecule has 1 unspecified atom stereocenters. The van der Waals surface area contributed by atoms with E-state index in [9.17, 15) is 9.59 Å². The largest absolute Gasteiger partial charge is 0.345 e. The highest BCUT2D eigenvalue weighted by atomic mass is 79.9. The first-order valence-corrected chi connectivity index (χ1v) is 5.98. The lowest BCUT2D eigenvalue weighted by Gasteiger charge is -2.33. The van der Waals surface area contributed by atoms with Crippen LogP contribution in [0.2, 0.25) is 0 Å². The van der Waals surface area contributed by atoms with Gasteiger partial charge in [0.05, 0.1) is 9.33 Å². The molecule has 1 aromatic rings.